The van der Waals surface area contributed by atoms with Crippen LogP contribution in [0.2, 0.25) is 0 Å². The predicted molar refractivity (Wildman–Crippen MR) is 249 cm³/mol. The molecule has 9 aromatic rings. The van der Waals surface area contributed by atoms with E-state index in [1.807, 2.05) is 0 Å². The summed E-state index contributed by atoms with van der Waals surface area (Å²) in [6, 6.07) is 35.2. The van der Waals surface area contributed by atoms with Crippen molar-refractivity contribution in [2.24, 2.45) is 29.1 Å². The number of Topliss-reactive ketones (excluding diaryl/α,β-unsaturated/α-hetero) is 1. The van der Waals surface area contributed by atoms with Crippen LogP contribution in [0.15, 0.2) is 89.3 Å². The van der Waals surface area contributed by atoms with Crippen molar-refractivity contribution >= 4 is 65.8 Å². The lowest BCUT2D eigenvalue weighted by atomic mass is 9.52. The molecule has 2 spiro atoms. The van der Waals surface area contributed by atoms with Gasteiger partial charge in [-0.05, 0) is 203 Å². The first kappa shape index (κ1) is 32.7. The van der Waals surface area contributed by atoms with Crippen LogP contribution in [0, 0.1) is 40.4 Å². The first-order chi connectivity index (χ1) is 31.5. The second-order valence-corrected chi connectivity index (χ2v) is 23.4. The molecule has 0 aliphatic heterocycles. The van der Waals surface area contributed by atoms with Gasteiger partial charge < -0.3 is 8.82 Å². The molecule has 10 unspecified atom stereocenters. The SMILES string of the molecule is N#Cc1cc2c(c3c1C1CC4CC(C1)CC3C4)c1c3oc4cc5c(cc4c3cc3c4cc6c(cc4n2c31)C(=O)C1c2ccccc2C2c3ccccc3C612)C1CC2CC3CC5CC32C1. The Morgan fingerprint density at radius 2 is 1.31 bits per heavy atom. The molecular formula is C60H44N2O2. The molecule has 7 bridgehead atoms. The molecule has 0 radical (unpaired) electrons. The van der Waals surface area contributed by atoms with Crippen molar-refractivity contribution in [3.8, 4) is 6.07 Å². The normalized spacial score (nSPS) is 35.6. The highest BCUT2D eigenvalue weighted by molar-refractivity contribution is 6.34. The van der Waals surface area contributed by atoms with Crippen LogP contribution in [-0.4, -0.2) is 10.2 Å². The maximum Gasteiger partial charge on any atom is 0.171 e. The van der Waals surface area contributed by atoms with E-state index in [1.165, 1.54) is 141 Å². The van der Waals surface area contributed by atoms with Crippen LogP contribution >= 0.6 is 0 Å². The van der Waals surface area contributed by atoms with Gasteiger partial charge in [0.2, 0.25) is 0 Å². The Hall–Kier alpha value is -5.92. The number of nitrogens with zero attached hydrogens (tertiary/aromatic N) is 2. The van der Waals surface area contributed by atoms with Gasteiger partial charge in [0.05, 0.1) is 39.5 Å². The summed E-state index contributed by atoms with van der Waals surface area (Å²) in [5.41, 5.74) is 20.0. The van der Waals surface area contributed by atoms with Gasteiger partial charge in [0.15, 0.2) is 5.78 Å². The zero-order valence-corrected chi connectivity index (χ0v) is 35.6. The summed E-state index contributed by atoms with van der Waals surface area (Å²) in [5.74, 6) is 5.77. The van der Waals surface area contributed by atoms with Gasteiger partial charge in [-0.2, -0.15) is 5.26 Å². The molecule has 10 atom stereocenters. The Kier molecular flexibility index (Phi) is 5.10. The number of ketones is 1. The number of hydrogen-bond acceptors (Lipinski definition) is 3. The van der Waals surface area contributed by atoms with E-state index in [0.29, 0.717) is 29.1 Å². The number of carbonyl (C=O) groups is 1. The van der Waals surface area contributed by atoms with Crippen molar-refractivity contribution in [2.75, 3.05) is 0 Å². The van der Waals surface area contributed by atoms with E-state index in [9.17, 15) is 5.26 Å². The molecule has 3 aromatic heterocycles. The molecule has 20 rings (SSSR count). The van der Waals surface area contributed by atoms with Gasteiger partial charge in [0.25, 0.3) is 0 Å². The van der Waals surface area contributed by atoms with Gasteiger partial charge in [-0.25, -0.2) is 0 Å². The van der Waals surface area contributed by atoms with E-state index >= 15 is 4.79 Å². The molecule has 4 heteroatoms. The number of fused-ring (bicyclic) bond motifs is 21. The second-order valence-electron chi connectivity index (χ2n) is 23.4. The fourth-order valence-corrected chi connectivity index (χ4v) is 19.8. The zero-order chi connectivity index (χ0) is 41.0. The lowest BCUT2D eigenvalue weighted by molar-refractivity contribution is 0.00322. The summed E-state index contributed by atoms with van der Waals surface area (Å²) in [6.07, 6.45) is 13.2. The summed E-state index contributed by atoms with van der Waals surface area (Å²) in [6.45, 7) is 0. The van der Waals surface area contributed by atoms with Gasteiger partial charge in [-0.15, -0.1) is 0 Å². The third-order valence-corrected chi connectivity index (χ3v) is 21.5. The average molecular weight is 825 g/mol. The van der Waals surface area contributed by atoms with E-state index in [1.54, 1.807) is 11.1 Å². The number of carbonyl (C=O) groups excluding carboxylic acids is 1. The van der Waals surface area contributed by atoms with Crippen molar-refractivity contribution < 1.29 is 9.21 Å². The fraction of sp³-hybridized carbons (Fsp3) is 0.367. The van der Waals surface area contributed by atoms with Gasteiger partial charge in [-0.3, -0.25) is 4.79 Å². The molecule has 0 saturated heterocycles. The molecule has 0 N–H and O–H groups in total. The van der Waals surface area contributed by atoms with Crippen LogP contribution in [0.3, 0.4) is 0 Å². The summed E-state index contributed by atoms with van der Waals surface area (Å²) in [7, 11) is 0. The number of aromatic nitrogens is 1. The van der Waals surface area contributed by atoms with Crippen molar-refractivity contribution in [2.45, 2.75) is 105 Å². The van der Waals surface area contributed by atoms with Crippen LogP contribution in [0.4, 0.5) is 0 Å². The molecule has 3 heterocycles. The molecule has 5 fully saturated rings. The first-order valence-corrected chi connectivity index (χ1v) is 24.9. The number of benzene rings is 6. The summed E-state index contributed by atoms with van der Waals surface area (Å²) in [5, 5.41) is 18.7. The van der Waals surface area contributed by atoms with E-state index < -0.39 is 5.41 Å². The van der Waals surface area contributed by atoms with Crippen molar-refractivity contribution in [3.63, 3.8) is 0 Å². The van der Waals surface area contributed by atoms with Gasteiger partial charge in [0, 0.05) is 43.8 Å². The summed E-state index contributed by atoms with van der Waals surface area (Å²) < 4.78 is 9.95. The van der Waals surface area contributed by atoms with Crippen LogP contribution in [0.25, 0.3) is 60.0 Å². The minimum absolute atomic E-state index is 0.167. The van der Waals surface area contributed by atoms with Crippen molar-refractivity contribution in [1.82, 2.24) is 4.40 Å². The van der Waals surface area contributed by atoms with Crippen molar-refractivity contribution in [1.29, 1.82) is 5.26 Å². The minimum Gasteiger partial charge on any atom is -0.455 e. The van der Waals surface area contributed by atoms with Gasteiger partial charge >= 0.3 is 0 Å². The topological polar surface area (TPSA) is 58.4 Å². The fourth-order valence-electron chi connectivity index (χ4n) is 19.8. The zero-order valence-electron chi connectivity index (χ0n) is 35.6. The lowest BCUT2D eigenvalue weighted by Gasteiger charge is -2.48. The predicted octanol–water partition coefficient (Wildman–Crippen LogP) is 14.1. The molecule has 11 aliphatic rings. The summed E-state index contributed by atoms with van der Waals surface area (Å²) in [4.78, 5) is 15.3. The minimum atomic E-state index is -0.396. The number of hydrogen-bond donors (Lipinski definition) is 0. The van der Waals surface area contributed by atoms with Gasteiger partial charge in [0.1, 0.15) is 11.2 Å². The maximum absolute atomic E-state index is 15.3. The highest BCUT2D eigenvalue weighted by atomic mass is 16.3. The molecule has 0 amide bonds. The lowest BCUT2D eigenvalue weighted by Crippen LogP contribution is -2.43. The molecular weight excluding hydrogens is 781 g/mol. The Morgan fingerprint density at radius 1 is 0.594 bits per heavy atom. The molecule has 6 aromatic carbocycles. The van der Waals surface area contributed by atoms with Crippen LogP contribution in [0.1, 0.15) is 166 Å². The van der Waals surface area contributed by atoms with Crippen LogP contribution in [0.5, 0.6) is 0 Å². The average Bonchev–Trinajstić information content (AvgIpc) is 4.12. The molecule has 64 heavy (non-hydrogen) atoms. The number of rotatable bonds is 0. The molecule has 5 saturated carbocycles. The molecule has 11 aliphatic carbocycles. The highest BCUT2D eigenvalue weighted by Crippen LogP contribution is 2.77. The largest absolute Gasteiger partial charge is 0.455 e. The van der Waals surface area contributed by atoms with Crippen LogP contribution < -0.4 is 0 Å². The van der Waals surface area contributed by atoms with Crippen molar-refractivity contribution in [3.05, 3.63) is 146 Å². The summed E-state index contributed by atoms with van der Waals surface area (Å²) >= 11 is 0. The Labute approximate surface area is 369 Å². The Bertz CT molecular complexity index is 3880. The Balaban J connectivity index is 0.972. The second kappa shape index (κ2) is 9.99. The molecule has 4 nitrogen and oxygen atoms in total. The molecule has 306 valence electrons. The third kappa shape index (κ3) is 3.16. The Morgan fingerprint density at radius 3 is 2.09 bits per heavy atom. The van der Waals surface area contributed by atoms with E-state index in [-0.39, 0.29) is 17.6 Å². The van der Waals surface area contributed by atoms with E-state index in [0.717, 1.165) is 57.0 Å². The third-order valence-electron chi connectivity index (χ3n) is 21.5. The van der Waals surface area contributed by atoms with Gasteiger partial charge in [-0.1, -0.05) is 48.5 Å². The quantitative estimate of drug-likeness (QED) is 0.153. The van der Waals surface area contributed by atoms with E-state index in [4.69, 9.17) is 4.42 Å². The standard InChI is InChI=1S/C60H44N2O2/c61-25-32-16-48-52(51-29-12-26-9-27(13-29)11-28(10-26)50(32)51)53-56-42(19-43-41-18-38-30-14-33-17-34-15-31(24-59(33,34)23-30)39(38)22-49(41)64-58(43)53)40-20-46-44(21-47(40)62(48)56)57(63)55-36-6-2-1-5-35(36)54-37-7-3-4-8-45(37)60(46,54)55/h1-8,16,18-22,26-31,33-34,54-55H,9-15,17,23-24H2. The highest BCUT2D eigenvalue weighted by Gasteiger charge is 2.69. The first-order valence-electron chi connectivity index (χ1n) is 24.9. The van der Waals surface area contributed by atoms with Crippen LogP contribution in [-0.2, 0) is 5.41 Å². The van der Waals surface area contributed by atoms with E-state index in [2.05, 4.69) is 95.4 Å². The number of nitriles is 1. The smallest absolute Gasteiger partial charge is 0.171 e. The maximum atomic E-state index is 15.3. The monoisotopic (exact) mass is 824 g/mol. The number of furan rings is 1.